The zero-order valence-corrected chi connectivity index (χ0v) is 14.2. The Morgan fingerprint density at radius 3 is 2.17 bits per heavy atom. The minimum atomic E-state index is -0.855. The van der Waals surface area contributed by atoms with Crippen LogP contribution >= 0.6 is 0 Å². The minimum absolute atomic E-state index is 0.135. The average Bonchev–Trinajstić information content (AvgIpc) is 2.52. The van der Waals surface area contributed by atoms with Crippen LogP contribution in [0.25, 0.3) is 0 Å². The second-order valence-corrected chi connectivity index (χ2v) is 4.41. The van der Waals surface area contributed by atoms with Gasteiger partial charge in [-0.1, -0.05) is 0 Å². The molecule has 0 fully saturated rings. The van der Waals surface area contributed by atoms with Crippen LogP contribution in [0.15, 0.2) is 4.79 Å². The standard InChI is InChI=1S/C15H24N2O6/c1-6-20-11-10(14(19)21-7-2)16-12(17(5)13(11)18)15(22-8-3)23-9-4/h15H,6-9H2,1-5H3. The lowest BCUT2D eigenvalue weighted by Crippen LogP contribution is -2.30. The molecule has 1 rings (SSSR count). The van der Waals surface area contributed by atoms with Crippen LogP contribution < -0.4 is 10.3 Å². The average molecular weight is 328 g/mol. The summed E-state index contributed by atoms with van der Waals surface area (Å²) in [4.78, 5) is 28.8. The second kappa shape index (κ2) is 9.26. The van der Waals surface area contributed by atoms with E-state index in [-0.39, 0.29) is 30.5 Å². The highest BCUT2D eigenvalue weighted by atomic mass is 16.7. The van der Waals surface area contributed by atoms with Crippen molar-refractivity contribution >= 4 is 5.97 Å². The van der Waals surface area contributed by atoms with Crippen molar-refractivity contribution in [2.24, 2.45) is 7.05 Å². The van der Waals surface area contributed by atoms with Gasteiger partial charge in [-0.3, -0.25) is 9.36 Å². The highest BCUT2D eigenvalue weighted by Crippen LogP contribution is 2.20. The summed E-state index contributed by atoms with van der Waals surface area (Å²) in [5.41, 5.74) is -0.666. The Balaban J connectivity index is 3.48. The third-order valence-corrected chi connectivity index (χ3v) is 2.89. The number of rotatable bonds is 9. The molecule has 0 saturated heterocycles. The molecule has 1 heterocycles. The van der Waals surface area contributed by atoms with Gasteiger partial charge in [0.05, 0.1) is 13.2 Å². The Morgan fingerprint density at radius 2 is 1.70 bits per heavy atom. The van der Waals surface area contributed by atoms with Crippen molar-refractivity contribution < 1.29 is 23.7 Å². The van der Waals surface area contributed by atoms with E-state index < -0.39 is 17.8 Å². The Bertz CT molecular complexity index is 578. The van der Waals surface area contributed by atoms with Crippen LogP contribution in [0.3, 0.4) is 0 Å². The zero-order chi connectivity index (χ0) is 17.4. The Labute approximate surface area is 135 Å². The van der Waals surface area contributed by atoms with Crippen molar-refractivity contribution in [1.29, 1.82) is 0 Å². The lowest BCUT2D eigenvalue weighted by molar-refractivity contribution is -0.147. The summed E-state index contributed by atoms with van der Waals surface area (Å²) < 4.78 is 22.4. The second-order valence-electron chi connectivity index (χ2n) is 4.41. The quantitative estimate of drug-likeness (QED) is 0.500. The van der Waals surface area contributed by atoms with Crippen molar-refractivity contribution in [1.82, 2.24) is 9.55 Å². The first kappa shape index (κ1) is 19.1. The van der Waals surface area contributed by atoms with E-state index in [4.69, 9.17) is 18.9 Å². The zero-order valence-electron chi connectivity index (χ0n) is 14.2. The van der Waals surface area contributed by atoms with Crippen molar-refractivity contribution in [3.05, 3.63) is 21.9 Å². The van der Waals surface area contributed by atoms with Gasteiger partial charge >= 0.3 is 5.97 Å². The fraction of sp³-hybridized carbons (Fsp3) is 0.667. The summed E-state index contributed by atoms with van der Waals surface area (Å²) in [6.07, 6.45) is -0.855. The smallest absolute Gasteiger partial charge is 0.361 e. The van der Waals surface area contributed by atoms with Gasteiger partial charge in [-0.25, -0.2) is 9.78 Å². The Morgan fingerprint density at radius 1 is 1.09 bits per heavy atom. The lowest BCUT2D eigenvalue weighted by Gasteiger charge is -2.20. The van der Waals surface area contributed by atoms with E-state index >= 15 is 0 Å². The van der Waals surface area contributed by atoms with Crippen molar-refractivity contribution in [3.8, 4) is 5.75 Å². The molecule has 0 aliphatic heterocycles. The maximum atomic E-state index is 12.5. The normalized spacial score (nSPS) is 10.9. The molecule has 8 heteroatoms. The van der Waals surface area contributed by atoms with Crippen molar-refractivity contribution in [2.45, 2.75) is 34.0 Å². The summed E-state index contributed by atoms with van der Waals surface area (Å²) in [6, 6.07) is 0. The summed E-state index contributed by atoms with van der Waals surface area (Å²) in [6.45, 7) is 8.09. The molecule has 0 aliphatic carbocycles. The number of aromatic nitrogens is 2. The SMILES string of the molecule is CCOC(=O)c1nc(C(OCC)OCC)n(C)c(=O)c1OCC. The van der Waals surface area contributed by atoms with Crippen LogP contribution in [0.1, 0.15) is 50.3 Å². The predicted octanol–water partition coefficient (Wildman–Crippen LogP) is 1.43. The van der Waals surface area contributed by atoms with Gasteiger partial charge in [0, 0.05) is 20.3 Å². The van der Waals surface area contributed by atoms with E-state index in [2.05, 4.69) is 4.98 Å². The summed E-state index contributed by atoms with van der Waals surface area (Å²) in [5.74, 6) is -0.671. The van der Waals surface area contributed by atoms with Crippen LogP contribution in [0.2, 0.25) is 0 Å². The van der Waals surface area contributed by atoms with Gasteiger partial charge in [-0.05, 0) is 27.7 Å². The molecule has 0 saturated carbocycles. The molecule has 0 spiro atoms. The molecule has 0 unspecified atom stereocenters. The lowest BCUT2D eigenvalue weighted by atomic mass is 10.3. The van der Waals surface area contributed by atoms with E-state index in [1.165, 1.54) is 11.6 Å². The van der Waals surface area contributed by atoms with Gasteiger partial charge in [0.15, 0.2) is 11.5 Å². The van der Waals surface area contributed by atoms with Crippen LogP contribution in [0.4, 0.5) is 0 Å². The monoisotopic (exact) mass is 328 g/mol. The highest BCUT2D eigenvalue weighted by molar-refractivity contribution is 5.90. The molecule has 0 bridgehead atoms. The highest BCUT2D eigenvalue weighted by Gasteiger charge is 2.26. The molecule has 23 heavy (non-hydrogen) atoms. The fourth-order valence-electron chi connectivity index (χ4n) is 1.92. The first-order valence-corrected chi connectivity index (χ1v) is 7.65. The number of carbonyl (C=O) groups excluding carboxylic acids is 1. The number of hydrogen-bond acceptors (Lipinski definition) is 7. The van der Waals surface area contributed by atoms with Gasteiger partial charge in [-0.15, -0.1) is 0 Å². The van der Waals surface area contributed by atoms with Gasteiger partial charge in [-0.2, -0.15) is 0 Å². The third kappa shape index (κ3) is 4.52. The van der Waals surface area contributed by atoms with E-state index in [1.54, 1.807) is 27.7 Å². The molecule has 0 aromatic carbocycles. The summed E-state index contributed by atoms with van der Waals surface area (Å²) in [5, 5.41) is 0. The number of carbonyl (C=O) groups is 1. The minimum Gasteiger partial charge on any atom is -0.486 e. The molecule has 8 nitrogen and oxygen atoms in total. The third-order valence-electron chi connectivity index (χ3n) is 2.89. The molecular weight excluding hydrogens is 304 g/mol. The van der Waals surface area contributed by atoms with Gasteiger partial charge in [0.25, 0.3) is 5.56 Å². The molecule has 0 radical (unpaired) electrons. The molecular formula is C15H24N2O6. The topological polar surface area (TPSA) is 88.9 Å². The maximum absolute atomic E-state index is 12.5. The van der Waals surface area contributed by atoms with Crippen LogP contribution in [0.5, 0.6) is 5.75 Å². The van der Waals surface area contributed by atoms with Gasteiger partial charge < -0.3 is 18.9 Å². The molecule has 0 atom stereocenters. The van der Waals surface area contributed by atoms with Gasteiger partial charge in [0.1, 0.15) is 0 Å². The molecule has 0 amide bonds. The first-order chi connectivity index (χ1) is 11.0. The summed E-state index contributed by atoms with van der Waals surface area (Å²) >= 11 is 0. The maximum Gasteiger partial charge on any atom is 0.361 e. The number of nitrogens with zero attached hydrogens (tertiary/aromatic N) is 2. The fourth-order valence-corrected chi connectivity index (χ4v) is 1.92. The summed E-state index contributed by atoms with van der Waals surface area (Å²) in [7, 11) is 1.52. The van der Waals surface area contributed by atoms with Crippen LogP contribution in [-0.2, 0) is 21.3 Å². The van der Waals surface area contributed by atoms with Gasteiger partial charge in [0.2, 0.25) is 12.0 Å². The molecule has 1 aromatic heterocycles. The predicted molar refractivity (Wildman–Crippen MR) is 82.6 cm³/mol. The van der Waals surface area contributed by atoms with Crippen LogP contribution in [-0.4, -0.2) is 41.9 Å². The van der Waals surface area contributed by atoms with E-state index in [9.17, 15) is 9.59 Å². The molecule has 1 aromatic rings. The van der Waals surface area contributed by atoms with Crippen molar-refractivity contribution in [2.75, 3.05) is 26.4 Å². The largest absolute Gasteiger partial charge is 0.486 e. The molecule has 0 N–H and O–H groups in total. The first-order valence-electron chi connectivity index (χ1n) is 7.65. The molecule has 0 aliphatic rings. The Kier molecular flexibility index (Phi) is 7.70. The Hall–Kier alpha value is -1.93. The van der Waals surface area contributed by atoms with E-state index in [0.29, 0.717) is 13.2 Å². The number of hydrogen-bond donors (Lipinski definition) is 0. The number of ether oxygens (including phenoxy) is 4. The van der Waals surface area contributed by atoms with Crippen LogP contribution in [0, 0.1) is 0 Å². The van der Waals surface area contributed by atoms with E-state index in [0.717, 1.165) is 0 Å². The number of esters is 1. The van der Waals surface area contributed by atoms with E-state index in [1.807, 2.05) is 0 Å². The molecule has 130 valence electrons. The van der Waals surface area contributed by atoms with Crippen molar-refractivity contribution in [3.63, 3.8) is 0 Å².